The number of aliphatic hydroxyl groups excluding tert-OH is 1. The zero-order valence-corrected chi connectivity index (χ0v) is 17.4. The Hall–Kier alpha value is -0.830. The number of rotatable bonds is 4. The summed E-state index contributed by atoms with van der Waals surface area (Å²) in [6.07, 6.45) is 13.6. The zero-order chi connectivity index (χ0) is 19.4. The van der Waals surface area contributed by atoms with Gasteiger partial charge in [0.15, 0.2) is 6.10 Å². The number of allylic oxidation sites excluding steroid dienone is 2. The first-order chi connectivity index (χ1) is 12.8. The van der Waals surface area contributed by atoms with E-state index in [0.29, 0.717) is 23.2 Å². The molecule has 0 radical (unpaired) electrons. The summed E-state index contributed by atoms with van der Waals surface area (Å²) < 4.78 is 0. The maximum atomic E-state index is 11.1. The molecule has 3 nitrogen and oxygen atoms in total. The van der Waals surface area contributed by atoms with Crippen LogP contribution in [0.3, 0.4) is 0 Å². The normalized spacial score (nSPS) is 45.9. The fraction of sp³-hybridized carbons (Fsp3) is 0.875. The fourth-order valence-corrected chi connectivity index (χ4v) is 8.35. The Balaban J connectivity index is 1.54. The minimum Gasteiger partial charge on any atom is -0.479 e. The average molecular weight is 375 g/mol. The summed E-state index contributed by atoms with van der Waals surface area (Å²) in [6.45, 7) is 7.25. The second-order valence-electron chi connectivity index (χ2n) is 10.7. The van der Waals surface area contributed by atoms with E-state index < -0.39 is 12.1 Å². The molecule has 0 aromatic rings. The van der Waals surface area contributed by atoms with Gasteiger partial charge in [0.1, 0.15) is 0 Å². The van der Waals surface area contributed by atoms with E-state index in [4.69, 9.17) is 5.11 Å². The van der Waals surface area contributed by atoms with Crippen LogP contribution in [0.25, 0.3) is 0 Å². The highest BCUT2D eigenvalue weighted by Gasteiger charge is 2.59. The Bertz CT molecular complexity index is 625. The standard InChI is InChI=1S/C24H38O3/c1-15(14-21(25)22(26)27)18-9-10-19-17-8-7-16-6-4-5-12-23(16,2)20(17)11-13-24(18,19)3/h6,15,17-21,25H,4-5,7-14H2,1-3H3,(H,26,27)/t15-,17+,18-,19+,20+,21?,23+,24-/m1/s1. The third kappa shape index (κ3) is 2.99. The summed E-state index contributed by atoms with van der Waals surface area (Å²) in [4.78, 5) is 11.1. The van der Waals surface area contributed by atoms with Crippen LogP contribution < -0.4 is 0 Å². The molecule has 3 fully saturated rings. The van der Waals surface area contributed by atoms with Crippen LogP contribution in [-0.4, -0.2) is 22.3 Å². The monoisotopic (exact) mass is 374 g/mol. The quantitative estimate of drug-likeness (QED) is 0.645. The molecule has 152 valence electrons. The Morgan fingerprint density at radius 1 is 1.19 bits per heavy atom. The van der Waals surface area contributed by atoms with E-state index in [-0.39, 0.29) is 5.92 Å². The lowest BCUT2D eigenvalue weighted by Gasteiger charge is -2.58. The second kappa shape index (κ2) is 6.90. The molecule has 0 amide bonds. The molecular weight excluding hydrogens is 336 g/mol. The van der Waals surface area contributed by atoms with Crippen molar-refractivity contribution in [2.45, 2.75) is 91.1 Å². The maximum absolute atomic E-state index is 11.1. The number of carboxylic acid groups (broad SMARTS) is 1. The minimum absolute atomic E-state index is 0.284. The average Bonchev–Trinajstić information content (AvgIpc) is 2.98. The van der Waals surface area contributed by atoms with Crippen molar-refractivity contribution >= 4 is 5.97 Å². The molecule has 0 bridgehead atoms. The molecule has 0 aromatic heterocycles. The van der Waals surface area contributed by atoms with Crippen LogP contribution in [0.5, 0.6) is 0 Å². The van der Waals surface area contributed by atoms with Crippen LogP contribution >= 0.6 is 0 Å². The molecule has 8 atom stereocenters. The molecule has 4 aliphatic rings. The van der Waals surface area contributed by atoms with E-state index in [2.05, 4.69) is 26.8 Å². The van der Waals surface area contributed by atoms with E-state index in [1.165, 1.54) is 57.8 Å². The van der Waals surface area contributed by atoms with E-state index in [9.17, 15) is 9.90 Å². The summed E-state index contributed by atoms with van der Waals surface area (Å²) >= 11 is 0. The third-order valence-corrected chi connectivity index (χ3v) is 9.67. The van der Waals surface area contributed by atoms with Gasteiger partial charge in [0.05, 0.1) is 0 Å². The SMILES string of the molecule is C[C@H](CC(O)C(=O)O)[C@H]1CC[C@H]2[C@@H]3CCC4=CCCC[C@]4(C)[C@H]3CC[C@]12C. The number of hydrogen-bond acceptors (Lipinski definition) is 2. The molecule has 2 N–H and O–H groups in total. The van der Waals surface area contributed by atoms with Gasteiger partial charge >= 0.3 is 5.97 Å². The molecule has 0 spiro atoms. The summed E-state index contributed by atoms with van der Waals surface area (Å²) in [7, 11) is 0. The Morgan fingerprint density at radius 3 is 2.70 bits per heavy atom. The van der Waals surface area contributed by atoms with Crippen molar-refractivity contribution < 1.29 is 15.0 Å². The summed E-state index contributed by atoms with van der Waals surface area (Å²) in [5, 5.41) is 19.0. The number of hydrogen-bond donors (Lipinski definition) is 2. The fourth-order valence-electron chi connectivity index (χ4n) is 8.35. The number of fused-ring (bicyclic) bond motifs is 5. The molecule has 1 unspecified atom stereocenters. The smallest absolute Gasteiger partial charge is 0.332 e. The third-order valence-electron chi connectivity index (χ3n) is 9.67. The number of aliphatic hydroxyl groups is 1. The summed E-state index contributed by atoms with van der Waals surface area (Å²) in [5.41, 5.74) is 2.56. The van der Waals surface area contributed by atoms with Crippen molar-refractivity contribution in [1.82, 2.24) is 0 Å². The van der Waals surface area contributed by atoms with Crippen molar-refractivity contribution in [2.75, 3.05) is 0 Å². The molecule has 0 heterocycles. The molecule has 0 aliphatic heterocycles. The van der Waals surface area contributed by atoms with Crippen LogP contribution in [0.15, 0.2) is 11.6 Å². The molecule has 4 aliphatic carbocycles. The van der Waals surface area contributed by atoms with Crippen molar-refractivity contribution in [3.05, 3.63) is 11.6 Å². The van der Waals surface area contributed by atoms with E-state index >= 15 is 0 Å². The van der Waals surface area contributed by atoms with Gasteiger partial charge in [-0.05, 0) is 105 Å². The zero-order valence-electron chi connectivity index (χ0n) is 17.4. The first-order valence-electron chi connectivity index (χ1n) is 11.4. The second-order valence-corrected chi connectivity index (χ2v) is 10.7. The van der Waals surface area contributed by atoms with E-state index in [1.807, 2.05) is 0 Å². The Labute approximate surface area is 164 Å². The van der Waals surface area contributed by atoms with Gasteiger partial charge in [-0.1, -0.05) is 32.4 Å². The van der Waals surface area contributed by atoms with Gasteiger partial charge in [0, 0.05) is 0 Å². The van der Waals surface area contributed by atoms with E-state index in [1.54, 1.807) is 5.57 Å². The van der Waals surface area contributed by atoms with E-state index in [0.717, 1.165) is 17.8 Å². The van der Waals surface area contributed by atoms with Crippen LogP contribution in [0.1, 0.15) is 85.0 Å². The molecule has 0 saturated heterocycles. The highest BCUT2D eigenvalue weighted by atomic mass is 16.4. The molecule has 27 heavy (non-hydrogen) atoms. The van der Waals surface area contributed by atoms with Gasteiger partial charge in [0.2, 0.25) is 0 Å². The number of carboxylic acids is 1. The predicted octanol–water partition coefficient (Wildman–Crippen LogP) is 5.43. The van der Waals surface area contributed by atoms with Gasteiger partial charge in [-0.3, -0.25) is 0 Å². The highest BCUT2D eigenvalue weighted by molar-refractivity contribution is 5.71. The van der Waals surface area contributed by atoms with Gasteiger partial charge in [-0.15, -0.1) is 0 Å². The minimum atomic E-state index is -1.21. The summed E-state index contributed by atoms with van der Waals surface area (Å²) in [6, 6.07) is 0. The molecule has 3 saturated carbocycles. The van der Waals surface area contributed by atoms with Gasteiger partial charge in [0.25, 0.3) is 0 Å². The highest BCUT2D eigenvalue weighted by Crippen LogP contribution is 2.67. The largest absolute Gasteiger partial charge is 0.479 e. The lowest BCUT2D eigenvalue weighted by atomic mass is 9.46. The lowest BCUT2D eigenvalue weighted by Crippen LogP contribution is -2.50. The summed E-state index contributed by atoms with van der Waals surface area (Å²) in [5.74, 6) is 2.29. The van der Waals surface area contributed by atoms with Crippen LogP contribution in [0.4, 0.5) is 0 Å². The van der Waals surface area contributed by atoms with Gasteiger partial charge < -0.3 is 10.2 Å². The van der Waals surface area contributed by atoms with Crippen LogP contribution in [0, 0.1) is 40.4 Å². The lowest BCUT2D eigenvalue weighted by molar-refractivity contribution is -0.148. The number of aliphatic carboxylic acids is 1. The Kier molecular flexibility index (Phi) is 4.98. The topological polar surface area (TPSA) is 57.5 Å². The van der Waals surface area contributed by atoms with Crippen LogP contribution in [0.2, 0.25) is 0 Å². The first kappa shape index (κ1) is 19.5. The first-order valence-corrected chi connectivity index (χ1v) is 11.4. The predicted molar refractivity (Wildman–Crippen MR) is 107 cm³/mol. The van der Waals surface area contributed by atoms with Crippen molar-refractivity contribution in [1.29, 1.82) is 0 Å². The van der Waals surface area contributed by atoms with Gasteiger partial charge in [-0.25, -0.2) is 4.79 Å². The van der Waals surface area contributed by atoms with Crippen LogP contribution in [-0.2, 0) is 4.79 Å². The van der Waals surface area contributed by atoms with Gasteiger partial charge in [-0.2, -0.15) is 0 Å². The molecule has 3 heteroatoms. The molecule has 0 aromatic carbocycles. The maximum Gasteiger partial charge on any atom is 0.332 e. The van der Waals surface area contributed by atoms with Crippen molar-refractivity contribution in [3.63, 3.8) is 0 Å². The Morgan fingerprint density at radius 2 is 1.96 bits per heavy atom. The van der Waals surface area contributed by atoms with Crippen molar-refractivity contribution in [2.24, 2.45) is 40.4 Å². The molecular formula is C24H38O3. The number of carbonyl (C=O) groups is 1. The van der Waals surface area contributed by atoms with Crippen molar-refractivity contribution in [3.8, 4) is 0 Å². The molecule has 4 rings (SSSR count).